The van der Waals surface area contributed by atoms with Crippen LogP contribution in [-0.2, 0) is 13.0 Å². The summed E-state index contributed by atoms with van der Waals surface area (Å²) in [5.74, 6) is 0. The van der Waals surface area contributed by atoms with E-state index in [1.165, 1.54) is 11.1 Å². The molecule has 0 saturated heterocycles. The van der Waals surface area contributed by atoms with E-state index in [0.717, 1.165) is 18.7 Å². The Morgan fingerprint density at radius 2 is 2.29 bits per heavy atom. The lowest BCUT2D eigenvalue weighted by Crippen LogP contribution is -2.19. The van der Waals surface area contributed by atoms with Gasteiger partial charge in [-0.15, -0.1) is 0 Å². The highest BCUT2D eigenvalue weighted by atomic mass is 32.1. The lowest BCUT2D eigenvalue weighted by Gasteiger charge is -2.13. The van der Waals surface area contributed by atoms with Crippen molar-refractivity contribution in [2.75, 3.05) is 0 Å². The number of nitrogens with one attached hydrogen (secondary N) is 1. The predicted octanol–water partition coefficient (Wildman–Crippen LogP) is 3.56. The Morgan fingerprint density at radius 3 is 3.00 bits per heavy atom. The van der Waals surface area contributed by atoms with Crippen LogP contribution < -0.4 is 5.32 Å². The first-order valence-corrected chi connectivity index (χ1v) is 6.93. The molecule has 0 aliphatic carbocycles. The van der Waals surface area contributed by atoms with Crippen LogP contribution in [0, 0.1) is 0 Å². The van der Waals surface area contributed by atoms with Gasteiger partial charge in [0.1, 0.15) is 0 Å². The molecule has 2 aromatic rings. The molecule has 1 unspecified atom stereocenters. The Kier molecular flexibility index (Phi) is 4.29. The summed E-state index contributed by atoms with van der Waals surface area (Å²) in [6.45, 7) is 5.19. The fraction of sp³-hybridized carbons (Fsp3) is 0.357. The molecule has 0 radical (unpaired) electrons. The number of nitrogens with zero attached hydrogens (tertiary/aromatic N) is 1. The zero-order valence-corrected chi connectivity index (χ0v) is 11.1. The normalized spacial score (nSPS) is 12.6. The number of thiophene rings is 1. The Bertz CT molecular complexity index is 451. The molecule has 0 amide bonds. The van der Waals surface area contributed by atoms with Crippen LogP contribution in [0.2, 0.25) is 0 Å². The van der Waals surface area contributed by atoms with Gasteiger partial charge in [-0.1, -0.05) is 13.0 Å². The third-order valence-corrected chi connectivity index (χ3v) is 3.69. The van der Waals surface area contributed by atoms with Gasteiger partial charge in [-0.25, -0.2) is 0 Å². The lowest BCUT2D eigenvalue weighted by atomic mass is 10.1. The molecular formula is C14H18N2S. The molecule has 2 nitrogen and oxygen atoms in total. The maximum absolute atomic E-state index is 4.44. The molecular weight excluding hydrogens is 228 g/mol. The minimum absolute atomic E-state index is 0.382. The van der Waals surface area contributed by atoms with E-state index in [4.69, 9.17) is 0 Å². The third-order valence-electron chi connectivity index (χ3n) is 2.98. The van der Waals surface area contributed by atoms with Gasteiger partial charge in [0.25, 0.3) is 0 Å². The largest absolute Gasteiger partial charge is 0.305 e. The second kappa shape index (κ2) is 5.94. The van der Waals surface area contributed by atoms with Gasteiger partial charge in [0.2, 0.25) is 0 Å². The predicted molar refractivity (Wildman–Crippen MR) is 73.2 cm³/mol. The maximum atomic E-state index is 4.44. The van der Waals surface area contributed by atoms with Gasteiger partial charge in [0, 0.05) is 18.8 Å². The van der Waals surface area contributed by atoms with Gasteiger partial charge in [-0.2, -0.15) is 11.3 Å². The molecule has 0 aromatic carbocycles. The van der Waals surface area contributed by atoms with Crippen LogP contribution in [0.5, 0.6) is 0 Å². The number of aromatic nitrogens is 1. The molecule has 2 heterocycles. The van der Waals surface area contributed by atoms with Gasteiger partial charge in [0.05, 0.1) is 5.69 Å². The molecule has 1 N–H and O–H groups in total. The standard InChI is InChI=1S/C14H18N2S/c1-3-12-5-4-7-15-14(12)9-16-11(2)13-6-8-17-10-13/h4-8,10-11,16H,3,9H2,1-2H3. The summed E-state index contributed by atoms with van der Waals surface area (Å²) in [6, 6.07) is 6.71. The molecule has 0 aliphatic heterocycles. The Labute approximate surface area is 107 Å². The summed E-state index contributed by atoms with van der Waals surface area (Å²) < 4.78 is 0. The molecule has 2 rings (SSSR count). The van der Waals surface area contributed by atoms with Gasteiger partial charge in [0.15, 0.2) is 0 Å². The summed E-state index contributed by atoms with van der Waals surface area (Å²) in [6.07, 6.45) is 2.91. The van der Waals surface area contributed by atoms with Crippen LogP contribution in [0.4, 0.5) is 0 Å². The summed E-state index contributed by atoms with van der Waals surface area (Å²) in [7, 11) is 0. The van der Waals surface area contributed by atoms with Crippen molar-refractivity contribution in [3.63, 3.8) is 0 Å². The summed E-state index contributed by atoms with van der Waals surface area (Å²) in [5.41, 5.74) is 3.85. The molecule has 0 spiro atoms. The van der Waals surface area contributed by atoms with E-state index in [2.05, 4.69) is 47.0 Å². The van der Waals surface area contributed by atoms with Crippen LogP contribution in [0.15, 0.2) is 35.2 Å². The zero-order valence-electron chi connectivity index (χ0n) is 10.3. The van der Waals surface area contributed by atoms with Crippen molar-refractivity contribution in [1.82, 2.24) is 10.3 Å². The van der Waals surface area contributed by atoms with Crippen LogP contribution in [0.1, 0.15) is 36.7 Å². The topological polar surface area (TPSA) is 24.9 Å². The summed E-state index contributed by atoms with van der Waals surface area (Å²) in [5, 5.41) is 7.83. The van der Waals surface area contributed by atoms with Gasteiger partial charge in [-0.05, 0) is 47.4 Å². The number of hydrogen-bond donors (Lipinski definition) is 1. The quantitative estimate of drug-likeness (QED) is 0.872. The van der Waals surface area contributed by atoms with E-state index in [1.54, 1.807) is 11.3 Å². The molecule has 0 aliphatic rings. The fourth-order valence-corrected chi connectivity index (χ4v) is 2.60. The van der Waals surface area contributed by atoms with Crippen molar-refractivity contribution < 1.29 is 0 Å². The molecule has 17 heavy (non-hydrogen) atoms. The zero-order chi connectivity index (χ0) is 12.1. The fourth-order valence-electron chi connectivity index (χ4n) is 1.84. The number of aryl methyl sites for hydroxylation is 1. The molecule has 90 valence electrons. The van der Waals surface area contributed by atoms with E-state index < -0.39 is 0 Å². The molecule has 0 fully saturated rings. The second-order valence-electron chi connectivity index (χ2n) is 4.12. The minimum atomic E-state index is 0.382. The average Bonchev–Trinajstić information content (AvgIpc) is 2.90. The van der Waals surface area contributed by atoms with Crippen molar-refractivity contribution in [1.29, 1.82) is 0 Å². The number of hydrogen-bond acceptors (Lipinski definition) is 3. The highest BCUT2D eigenvalue weighted by Gasteiger charge is 2.07. The first-order chi connectivity index (χ1) is 8.31. The van der Waals surface area contributed by atoms with Crippen LogP contribution in [0.3, 0.4) is 0 Å². The molecule has 3 heteroatoms. The van der Waals surface area contributed by atoms with E-state index >= 15 is 0 Å². The first-order valence-electron chi connectivity index (χ1n) is 5.99. The van der Waals surface area contributed by atoms with E-state index in [-0.39, 0.29) is 0 Å². The molecule has 0 saturated carbocycles. The second-order valence-corrected chi connectivity index (χ2v) is 4.90. The number of pyridine rings is 1. The SMILES string of the molecule is CCc1cccnc1CNC(C)c1ccsc1. The Morgan fingerprint density at radius 1 is 1.41 bits per heavy atom. The van der Waals surface area contributed by atoms with Gasteiger partial charge < -0.3 is 5.32 Å². The third kappa shape index (κ3) is 3.14. The minimum Gasteiger partial charge on any atom is -0.305 e. The summed E-state index contributed by atoms with van der Waals surface area (Å²) >= 11 is 1.74. The smallest absolute Gasteiger partial charge is 0.0573 e. The van der Waals surface area contributed by atoms with Crippen LogP contribution >= 0.6 is 11.3 Å². The van der Waals surface area contributed by atoms with Crippen molar-refractivity contribution in [3.05, 3.63) is 52.0 Å². The first kappa shape index (κ1) is 12.3. The van der Waals surface area contributed by atoms with E-state index in [1.807, 2.05) is 12.3 Å². The van der Waals surface area contributed by atoms with Crippen molar-refractivity contribution in [2.45, 2.75) is 32.9 Å². The monoisotopic (exact) mass is 246 g/mol. The van der Waals surface area contributed by atoms with Gasteiger partial charge in [-0.3, -0.25) is 4.98 Å². The summed E-state index contributed by atoms with van der Waals surface area (Å²) in [4.78, 5) is 4.44. The molecule has 0 bridgehead atoms. The average molecular weight is 246 g/mol. The van der Waals surface area contributed by atoms with Crippen LogP contribution in [0.25, 0.3) is 0 Å². The van der Waals surface area contributed by atoms with Crippen molar-refractivity contribution in [2.24, 2.45) is 0 Å². The maximum Gasteiger partial charge on any atom is 0.0573 e. The van der Waals surface area contributed by atoms with Gasteiger partial charge >= 0.3 is 0 Å². The van der Waals surface area contributed by atoms with E-state index in [9.17, 15) is 0 Å². The molecule has 2 aromatic heterocycles. The van der Waals surface area contributed by atoms with E-state index in [0.29, 0.717) is 6.04 Å². The Balaban J connectivity index is 1.98. The molecule has 1 atom stereocenters. The van der Waals surface area contributed by atoms with Crippen molar-refractivity contribution >= 4 is 11.3 Å². The van der Waals surface area contributed by atoms with Crippen molar-refractivity contribution in [3.8, 4) is 0 Å². The lowest BCUT2D eigenvalue weighted by molar-refractivity contribution is 0.566. The highest BCUT2D eigenvalue weighted by molar-refractivity contribution is 7.07. The Hall–Kier alpha value is -1.19. The number of rotatable bonds is 5. The highest BCUT2D eigenvalue weighted by Crippen LogP contribution is 2.16. The van der Waals surface area contributed by atoms with Crippen LogP contribution in [-0.4, -0.2) is 4.98 Å².